The van der Waals surface area contributed by atoms with Crippen LogP contribution >= 0.6 is 0 Å². The monoisotopic (exact) mass is 256 g/mol. The minimum atomic E-state index is -0.391. The van der Waals surface area contributed by atoms with E-state index >= 15 is 0 Å². The molecule has 104 valence electrons. The summed E-state index contributed by atoms with van der Waals surface area (Å²) >= 11 is 0. The number of aliphatic hydroxyl groups is 1. The molecule has 1 aliphatic rings. The second kappa shape index (κ2) is 7.36. The molecule has 2 N–H and O–H groups in total. The molecule has 5 heteroatoms. The van der Waals surface area contributed by atoms with Gasteiger partial charge >= 0.3 is 0 Å². The zero-order valence-electron chi connectivity index (χ0n) is 11.3. The molecule has 0 aromatic heterocycles. The Labute approximate surface area is 109 Å². The minimum absolute atomic E-state index is 0.0393. The van der Waals surface area contributed by atoms with Gasteiger partial charge in [-0.2, -0.15) is 0 Å². The summed E-state index contributed by atoms with van der Waals surface area (Å²) in [7, 11) is 0. The highest BCUT2D eigenvalue weighted by molar-refractivity contribution is 5.85. The fraction of sp³-hybridized carbons (Fsp3) is 0.846. The molecule has 0 aromatic rings. The van der Waals surface area contributed by atoms with E-state index in [9.17, 15) is 14.7 Å². The summed E-state index contributed by atoms with van der Waals surface area (Å²) in [5, 5.41) is 12.0. The Morgan fingerprint density at radius 2 is 2.22 bits per heavy atom. The van der Waals surface area contributed by atoms with Gasteiger partial charge in [0.15, 0.2) is 0 Å². The van der Waals surface area contributed by atoms with E-state index in [0.29, 0.717) is 12.8 Å². The summed E-state index contributed by atoms with van der Waals surface area (Å²) in [5.41, 5.74) is 0. The van der Waals surface area contributed by atoms with E-state index in [2.05, 4.69) is 5.32 Å². The van der Waals surface area contributed by atoms with Crippen LogP contribution in [-0.2, 0) is 9.59 Å². The molecule has 0 aliphatic carbocycles. The van der Waals surface area contributed by atoms with Crippen LogP contribution in [0.4, 0.5) is 0 Å². The summed E-state index contributed by atoms with van der Waals surface area (Å²) in [6.07, 6.45) is 3.40. The second-order valence-electron chi connectivity index (χ2n) is 4.99. The third kappa shape index (κ3) is 4.64. The third-order valence-electron chi connectivity index (χ3n) is 3.22. The minimum Gasteiger partial charge on any atom is -0.393 e. The number of carbonyl (C=O) groups is 2. The van der Waals surface area contributed by atoms with E-state index in [4.69, 9.17) is 0 Å². The van der Waals surface area contributed by atoms with E-state index in [1.165, 1.54) is 0 Å². The number of aliphatic hydroxyl groups excluding tert-OH is 1. The van der Waals surface area contributed by atoms with E-state index < -0.39 is 6.10 Å². The average Bonchev–Trinajstić information content (AvgIpc) is 2.73. The van der Waals surface area contributed by atoms with Gasteiger partial charge in [0.05, 0.1) is 12.6 Å². The molecule has 2 atom stereocenters. The molecular weight excluding hydrogens is 232 g/mol. The summed E-state index contributed by atoms with van der Waals surface area (Å²) in [4.78, 5) is 25.1. The maximum absolute atomic E-state index is 12.0. The topological polar surface area (TPSA) is 69.6 Å². The Kier molecular flexibility index (Phi) is 6.12. The van der Waals surface area contributed by atoms with Crippen molar-refractivity contribution in [3.05, 3.63) is 0 Å². The Bertz CT molecular complexity index is 292. The first-order valence-corrected chi connectivity index (χ1v) is 6.78. The molecule has 2 unspecified atom stereocenters. The highest BCUT2D eigenvalue weighted by Gasteiger charge is 2.29. The van der Waals surface area contributed by atoms with Gasteiger partial charge in [-0.05, 0) is 32.6 Å². The lowest BCUT2D eigenvalue weighted by molar-refractivity contribution is -0.133. The fourth-order valence-electron chi connectivity index (χ4n) is 2.39. The Morgan fingerprint density at radius 1 is 1.50 bits per heavy atom. The zero-order chi connectivity index (χ0) is 13.5. The maximum Gasteiger partial charge on any atom is 0.242 e. The molecule has 1 fully saturated rings. The quantitative estimate of drug-likeness (QED) is 0.733. The van der Waals surface area contributed by atoms with Crippen LogP contribution in [0.3, 0.4) is 0 Å². The predicted molar refractivity (Wildman–Crippen MR) is 69.0 cm³/mol. The lowest BCUT2D eigenvalue weighted by Gasteiger charge is -2.25. The van der Waals surface area contributed by atoms with Crippen LogP contribution in [0.25, 0.3) is 0 Å². The first-order valence-electron chi connectivity index (χ1n) is 6.78. The zero-order valence-corrected chi connectivity index (χ0v) is 11.3. The average molecular weight is 256 g/mol. The van der Waals surface area contributed by atoms with Crippen molar-refractivity contribution in [2.24, 2.45) is 0 Å². The van der Waals surface area contributed by atoms with Crippen molar-refractivity contribution in [1.29, 1.82) is 0 Å². The van der Waals surface area contributed by atoms with E-state index in [-0.39, 0.29) is 24.4 Å². The number of hydrogen-bond donors (Lipinski definition) is 2. The molecule has 2 amide bonds. The molecule has 1 rings (SSSR count). The van der Waals surface area contributed by atoms with Crippen molar-refractivity contribution < 1.29 is 14.7 Å². The van der Waals surface area contributed by atoms with Crippen molar-refractivity contribution in [2.75, 3.05) is 13.1 Å². The summed E-state index contributed by atoms with van der Waals surface area (Å²) in [5.74, 6) is -0.111. The molecule has 1 heterocycles. The van der Waals surface area contributed by atoms with Crippen LogP contribution in [0, 0.1) is 0 Å². The Hall–Kier alpha value is -1.10. The van der Waals surface area contributed by atoms with Gasteiger partial charge in [-0.3, -0.25) is 9.59 Å². The smallest absolute Gasteiger partial charge is 0.242 e. The van der Waals surface area contributed by atoms with Crippen molar-refractivity contribution in [2.45, 2.75) is 58.1 Å². The molecule has 18 heavy (non-hydrogen) atoms. The van der Waals surface area contributed by atoms with Gasteiger partial charge in [0.1, 0.15) is 0 Å². The van der Waals surface area contributed by atoms with Crippen molar-refractivity contribution in [1.82, 2.24) is 10.2 Å². The maximum atomic E-state index is 12.0. The van der Waals surface area contributed by atoms with Gasteiger partial charge in [0.25, 0.3) is 0 Å². The normalized spacial score (nSPS) is 20.8. The van der Waals surface area contributed by atoms with E-state index in [1.807, 2.05) is 6.92 Å². The van der Waals surface area contributed by atoms with Gasteiger partial charge in [0, 0.05) is 19.0 Å². The first-order chi connectivity index (χ1) is 8.54. The lowest BCUT2D eigenvalue weighted by Crippen LogP contribution is -2.43. The first kappa shape index (κ1) is 15.0. The van der Waals surface area contributed by atoms with Crippen LogP contribution in [0.15, 0.2) is 0 Å². The molecule has 0 aromatic carbocycles. The van der Waals surface area contributed by atoms with Crippen LogP contribution < -0.4 is 5.32 Å². The van der Waals surface area contributed by atoms with Crippen molar-refractivity contribution >= 4 is 11.8 Å². The number of likely N-dealkylation sites (tertiary alicyclic amines) is 1. The van der Waals surface area contributed by atoms with Gasteiger partial charge < -0.3 is 15.3 Å². The molecule has 0 spiro atoms. The SMILES string of the molecule is CCCC(=O)NCC(=O)N1CCCC1CC(C)O. The fourth-order valence-corrected chi connectivity index (χ4v) is 2.39. The van der Waals surface area contributed by atoms with Crippen LogP contribution in [0.2, 0.25) is 0 Å². The number of hydrogen-bond acceptors (Lipinski definition) is 3. The molecule has 5 nitrogen and oxygen atoms in total. The molecule has 1 aliphatic heterocycles. The molecule has 0 saturated carbocycles. The van der Waals surface area contributed by atoms with Crippen molar-refractivity contribution in [3.8, 4) is 0 Å². The standard InChI is InChI=1S/C13H24N2O3/c1-3-5-12(17)14-9-13(18)15-7-4-6-11(15)8-10(2)16/h10-11,16H,3-9H2,1-2H3,(H,14,17). The van der Waals surface area contributed by atoms with Crippen molar-refractivity contribution in [3.63, 3.8) is 0 Å². The highest BCUT2D eigenvalue weighted by atomic mass is 16.3. The summed E-state index contributed by atoms with van der Waals surface area (Å²) in [6, 6.07) is 0.126. The summed E-state index contributed by atoms with van der Waals surface area (Å²) in [6.45, 7) is 4.49. The van der Waals surface area contributed by atoms with Crippen LogP contribution in [-0.4, -0.2) is 47.1 Å². The van der Waals surface area contributed by atoms with Gasteiger partial charge in [-0.15, -0.1) is 0 Å². The van der Waals surface area contributed by atoms with Crippen LogP contribution in [0.1, 0.15) is 46.0 Å². The van der Waals surface area contributed by atoms with Gasteiger partial charge in [-0.25, -0.2) is 0 Å². The lowest BCUT2D eigenvalue weighted by atomic mass is 10.1. The molecule has 0 radical (unpaired) electrons. The Balaban J connectivity index is 2.38. The number of carbonyl (C=O) groups excluding carboxylic acids is 2. The number of amides is 2. The molecular formula is C13H24N2O3. The predicted octanol–water partition coefficient (Wildman–Crippen LogP) is 0.665. The molecule has 0 bridgehead atoms. The number of rotatable bonds is 6. The number of nitrogens with one attached hydrogen (secondary N) is 1. The van der Waals surface area contributed by atoms with Gasteiger partial charge in [0.2, 0.25) is 11.8 Å². The Morgan fingerprint density at radius 3 is 2.83 bits per heavy atom. The second-order valence-corrected chi connectivity index (χ2v) is 4.99. The summed E-state index contributed by atoms with van der Waals surface area (Å²) < 4.78 is 0. The molecule has 1 saturated heterocycles. The van der Waals surface area contributed by atoms with Gasteiger partial charge in [-0.1, -0.05) is 6.92 Å². The number of nitrogens with zero attached hydrogens (tertiary/aromatic N) is 1. The third-order valence-corrected chi connectivity index (χ3v) is 3.22. The van der Waals surface area contributed by atoms with Crippen LogP contribution in [0.5, 0.6) is 0 Å². The van der Waals surface area contributed by atoms with E-state index in [1.54, 1.807) is 11.8 Å². The highest BCUT2D eigenvalue weighted by Crippen LogP contribution is 2.21. The van der Waals surface area contributed by atoms with E-state index in [0.717, 1.165) is 25.8 Å². The largest absolute Gasteiger partial charge is 0.393 e.